The predicted molar refractivity (Wildman–Crippen MR) is 244 cm³/mol. The molecule has 0 aromatic rings. The second-order valence-corrected chi connectivity index (χ2v) is 16.2. The van der Waals surface area contributed by atoms with Crippen molar-refractivity contribution in [3.05, 3.63) is 85.1 Å². The van der Waals surface area contributed by atoms with Gasteiger partial charge in [-0.25, -0.2) is 4.57 Å². The standard InChI is InChI=1S/C48H80NO10P/c1-3-5-7-9-11-13-15-17-19-21-22-24-26-28-30-32-34-36-38-40-47(51)59-44(42-57-60(54,55)58-43-45(49)48(52)53)41-56-46(50)39-37-35-33-31-29-27-25-23-20-18-16-14-12-10-8-6-4-2/h5,7,11,13-14,16-17,19,22,24,28,30,34,36,44-45H,3-4,6,8-10,12,15,18,20-21,23,25-27,29,31-33,35,37-43,49H2,1-2H3,(H,52,53)(H,54,55)/b7-5+,13-11+,16-14+,19-17+,24-22+,30-28+,36-34+/t44-,45+/m1/s1. The number of unbranched alkanes of at least 4 members (excludes halogenated alkanes) is 13. The number of rotatable bonds is 41. The van der Waals surface area contributed by atoms with Crippen LogP contribution in [0.3, 0.4) is 0 Å². The summed E-state index contributed by atoms with van der Waals surface area (Å²) >= 11 is 0. The minimum atomic E-state index is -4.74. The zero-order valence-corrected chi connectivity index (χ0v) is 37.9. The smallest absolute Gasteiger partial charge is 0.472 e. The summed E-state index contributed by atoms with van der Waals surface area (Å²) in [6, 6.07) is -1.54. The van der Waals surface area contributed by atoms with Crippen LogP contribution in [0.5, 0.6) is 0 Å². The molecule has 1 unspecified atom stereocenters. The summed E-state index contributed by atoms with van der Waals surface area (Å²) in [7, 11) is -4.74. The summed E-state index contributed by atoms with van der Waals surface area (Å²) in [5.74, 6) is -2.50. The van der Waals surface area contributed by atoms with Gasteiger partial charge in [-0.05, 0) is 77.0 Å². The second-order valence-electron chi connectivity index (χ2n) is 14.8. The number of ether oxygens (including phenoxy) is 2. The monoisotopic (exact) mass is 862 g/mol. The highest BCUT2D eigenvalue weighted by atomic mass is 31.2. The first-order valence-electron chi connectivity index (χ1n) is 22.6. The average molecular weight is 862 g/mol. The van der Waals surface area contributed by atoms with E-state index in [0.717, 1.165) is 51.4 Å². The Kier molecular flexibility index (Phi) is 40.0. The van der Waals surface area contributed by atoms with Gasteiger partial charge in [0.25, 0.3) is 0 Å². The summed E-state index contributed by atoms with van der Waals surface area (Å²) in [4.78, 5) is 46.0. The number of carbonyl (C=O) groups excluding carboxylic acids is 2. The Morgan fingerprint density at radius 2 is 0.967 bits per heavy atom. The molecule has 0 spiro atoms. The summed E-state index contributed by atoms with van der Waals surface area (Å²) < 4.78 is 32.6. The lowest BCUT2D eigenvalue weighted by Gasteiger charge is -2.20. The van der Waals surface area contributed by atoms with Crippen molar-refractivity contribution in [2.45, 2.75) is 180 Å². The lowest BCUT2D eigenvalue weighted by atomic mass is 10.1. The molecule has 0 saturated carbocycles. The molecular formula is C48H80NO10P. The molecule has 0 amide bonds. The van der Waals surface area contributed by atoms with Crippen LogP contribution in [0.1, 0.15) is 168 Å². The fourth-order valence-corrected chi connectivity index (χ4v) is 6.39. The van der Waals surface area contributed by atoms with Crippen LogP contribution in [-0.4, -0.2) is 59.9 Å². The molecular weight excluding hydrogens is 781 g/mol. The molecule has 0 rings (SSSR count). The van der Waals surface area contributed by atoms with Gasteiger partial charge in [0.1, 0.15) is 12.6 Å². The topological polar surface area (TPSA) is 172 Å². The maximum Gasteiger partial charge on any atom is 0.472 e. The first-order chi connectivity index (χ1) is 29.1. The quantitative estimate of drug-likeness (QED) is 0.0231. The number of hydrogen-bond donors (Lipinski definition) is 3. The Labute approximate surface area is 362 Å². The number of phosphoric acid groups is 1. The second kappa shape index (κ2) is 42.4. The van der Waals surface area contributed by atoms with Crippen molar-refractivity contribution in [3.63, 3.8) is 0 Å². The zero-order valence-electron chi connectivity index (χ0n) is 37.0. The third kappa shape index (κ3) is 41.4. The van der Waals surface area contributed by atoms with Crippen LogP contribution in [0.2, 0.25) is 0 Å². The van der Waals surface area contributed by atoms with Crippen LogP contribution < -0.4 is 5.73 Å². The molecule has 0 bridgehead atoms. The van der Waals surface area contributed by atoms with Crippen LogP contribution in [0, 0.1) is 0 Å². The number of hydrogen-bond acceptors (Lipinski definition) is 9. The number of esters is 2. The number of carboxylic acids is 1. The third-order valence-electron chi connectivity index (χ3n) is 9.14. The van der Waals surface area contributed by atoms with Crippen molar-refractivity contribution in [1.82, 2.24) is 0 Å². The molecule has 0 heterocycles. The average Bonchev–Trinajstić information content (AvgIpc) is 3.22. The van der Waals surface area contributed by atoms with Crippen LogP contribution in [0.25, 0.3) is 0 Å². The molecule has 0 aliphatic heterocycles. The first-order valence-corrected chi connectivity index (χ1v) is 24.1. The van der Waals surface area contributed by atoms with Crippen molar-refractivity contribution in [2.75, 3.05) is 19.8 Å². The Balaban J connectivity index is 4.48. The van der Waals surface area contributed by atoms with E-state index in [0.29, 0.717) is 19.3 Å². The highest BCUT2D eigenvalue weighted by Gasteiger charge is 2.28. The van der Waals surface area contributed by atoms with Gasteiger partial charge in [0.05, 0.1) is 13.2 Å². The van der Waals surface area contributed by atoms with Gasteiger partial charge >= 0.3 is 25.7 Å². The maximum absolute atomic E-state index is 12.6. The Hall–Kier alpha value is -3.34. The molecule has 0 aromatic heterocycles. The third-order valence-corrected chi connectivity index (χ3v) is 10.1. The van der Waals surface area contributed by atoms with E-state index in [4.69, 9.17) is 24.8 Å². The van der Waals surface area contributed by atoms with Gasteiger partial charge in [0.15, 0.2) is 6.10 Å². The minimum Gasteiger partial charge on any atom is -0.480 e. The van der Waals surface area contributed by atoms with Gasteiger partial charge in [-0.2, -0.15) is 0 Å². The first kappa shape index (κ1) is 56.7. The van der Waals surface area contributed by atoms with E-state index >= 15 is 0 Å². The van der Waals surface area contributed by atoms with Crippen LogP contribution in [0.15, 0.2) is 85.1 Å². The van der Waals surface area contributed by atoms with E-state index in [1.165, 1.54) is 70.6 Å². The van der Waals surface area contributed by atoms with Crippen LogP contribution >= 0.6 is 7.82 Å². The lowest BCUT2D eigenvalue weighted by molar-refractivity contribution is -0.161. The minimum absolute atomic E-state index is 0.0317. The largest absolute Gasteiger partial charge is 0.480 e. The van der Waals surface area contributed by atoms with Crippen LogP contribution in [0.4, 0.5) is 0 Å². The maximum atomic E-state index is 12.6. The number of carbonyl (C=O) groups is 3. The number of aliphatic carboxylic acids is 1. The molecule has 4 N–H and O–H groups in total. The van der Waals surface area contributed by atoms with Gasteiger partial charge in [-0.3, -0.25) is 23.4 Å². The summed E-state index contributed by atoms with van der Waals surface area (Å²) in [6.45, 7) is 2.59. The Morgan fingerprint density at radius 1 is 0.533 bits per heavy atom. The molecule has 0 radical (unpaired) electrons. The van der Waals surface area contributed by atoms with Gasteiger partial charge in [0, 0.05) is 12.8 Å². The molecule has 0 aliphatic carbocycles. The predicted octanol–water partition coefficient (Wildman–Crippen LogP) is 12.3. The van der Waals surface area contributed by atoms with E-state index in [1.54, 1.807) is 0 Å². The summed E-state index contributed by atoms with van der Waals surface area (Å²) in [5.41, 5.74) is 5.33. The van der Waals surface area contributed by atoms with Crippen molar-refractivity contribution >= 4 is 25.7 Å². The molecule has 11 nitrogen and oxygen atoms in total. The molecule has 0 aliphatic rings. The van der Waals surface area contributed by atoms with E-state index in [2.05, 4.69) is 85.2 Å². The molecule has 0 fully saturated rings. The number of nitrogens with two attached hydrogens (primary N) is 1. The van der Waals surface area contributed by atoms with Crippen molar-refractivity contribution in [2.24, 2.45) is 5.73 Å². The molecule has 342 valence electrons. The number of carboxylic acid groups (broad SMARTS) is 1. The fourth-order valence-electron chi connectivity index (χ4n) is 5.61. The molecule has 12 heteroatoms. The van der Waals surface area contributed by atoms with E-state index in [9.17, 15) is 23.8 Å². The molecule has 0 aromatic carbocycles. The van der Waals surface area contributed by atoms with Gasteiger partial charge in [-0.1, -0.05) is 163 Å². The Morgan fingerprint density at radius 3 is 1.47 bits per heavy atom. The summed E-state index contributed by atoms with van der Waals surface area (Å²) in [6.07, 6.45) is 52.3. The molecule has 60 heavy (non-hydrogen) atoms. The number of allylic oxidation sites excluding steroid dienone is 14. The lowest BCUT2D eigenvalue weighted by Crippen LogP contribution is -2.34. The van der Waals surface area contributed by atoms with Gasteiger partial charge < -0.3 is 25.2 Å². The normalized spacial score (nSPS) is 14.5. The van der Waals surface area contributed by atoms with Crippen molar-refractivity contribution in [3.8, 4) is 0 Å². The van der Waals surface area contributed by atoms with Gasteiger partial charge in [-0.15, -0.1) is 0 Å². The number of phosphoric ester groups is 1. The highest BCUT2D eigenvalue weighted by Crippen LogP contribution is 2.43. The van der Waals surface area contributed by atoms with Crippen LogP contribution in [-0.2, 0) is 37.5 Å². The SMILES string of the molecule is CC/C=C/C/C=C/C/C=C/C/C=C/C/C=C/C/C=C/CCC(=O)O[C@H](COC(=O)CCCCCCCCCCC/C=C/CCCCCC)COP(=O)(O)OC[C@H](N)C(=O)O. The van der Waals surface area contributed by atoms with Gasteiger partial charge in [0.2, 0.25) is 0 Å². The molecule has 0 saturated heterocycles. The van der Waals surface area contributed by atoms with E-state index in [-0.39, 0.29) is 19.4 Å². The Bertz CT molecular complexity index is 1340. The zero-order chi connectivity index (χ0) is 44.2. The summed E-state index contributed by atoms with van der Waals surface area (Å²) in [5, 5.41) is 8.90. The van der Waals surface area contributed by atoms with E-state index < -0.39 is 51.1 Å². The van der Waals surface area contributed by atoms with Crippen molar-refractivity contribution < 1.29 is 47.5 Å². The molecule has 3 atom stereocenters. The van der Waals surface area contributed by atoms with E-state index in [1.807, 2.05) is 18.2 Å². The highest BCUT2D eigenvalue weighted by molar-refractivity contribution is 7.47. The fraction of sp³-hybridized carbons (Fsp3) is 0.646. The van der Waals surface area contributed by atoms with Crippen molar-refractivity contribution in [1.29, 1.82) is 0 Å².